The Morgan fingerprint density at radius 2 is 2.26 bits per heavy atom. The minimum absolute atomic E-state index is 0.0230. The summed E-state index contributed by atoms with van der Waals surface area (Å²) in [7, 11) is 0. The lowest BCUT2D eigenvalue weighted by Crippen LogP contribution is -2.27. The zero-order valence-corrected chi connectivity index (χ0v) is 13.3. The number of hydrogen-bond donors (Lipinski definition) is 1. The second kappa shape index (κ2) is 9.05. The fraction of sp³-hybridized carbons (Fsp3) is 0.412. The van der Waals surface area contributed by atoms with Gasteiger partial charge in [0.1, 0.15) is 5.82 Å². The molecule has 0 aliphatic rings. The van der Waals surface area contributed by atoms with E-state index in [1.54, 1.807) is 31.6 Å². The summed E-state index contributed by atoms with van der Waals surface area (Å²) < 4.78 is 20.5. The van der Waals surface area contributed by atoms with Crippen molar-refractivity contribution in [2.75, 3.05) is 19.8 Å². The van der Waals surface area contributed by atoms with Crippen molar-refractivity contribution in [3.05, 3.63) is 53.9 Å². The van der Waals surface area contributed by atoms with E-state index in [0.717, 1.165) is 12.1 Å². The number of nitrogens with zero attached hydrogens (tertiary/aromatic N) is 2. The molecule has 6 heteroatoms. The SMILES string of the molecule is Cc1cc(CCC(=O)NCCOCCn2ccnc2)ccc1F. The Morgan fingerprint density at radius 1 is 1.39 bits per heavy atom. The number of benzene rings is 1. The van der Waals surface area contributed by atoms with E-state index in [4.69, 9.17) is 4.74 Å². The van der Waals surface area contributed by atoms with Gasteiger partial charge in [0.05, 0.1) is 19.5 Å². The van der Waals surface area contributed by atoms with Crippen LogP contribution in [0.5, 0.6) is 0 Å². The highest BCUT2D eigenvalue weighted by atomic mass is 19.1. The molecule has 124 valence electrons. The number of aryl methyl sites for hydroxylation is 2. The molecule has 2 aromatic rings. The summed E-state index contributed by atoms with van der Waals surface area (Å²) in [6.45, 7) is 4.03. The average Bonchev–Trinajstić information content (AvgIpc) is 3.05. The third-order valence-corrected chi connectivity index (χ3v) is 3.48. The van der Waals surface area contributed by atoms with Crippen LogP contribution in [0, 0.1) is 12.7 Å². The van der Waals surface area contributed by atoms with Crippen LogP contribution in [0.25, 0.3) is 0 Å². The average molecular weight is 319 g/mol. The van der Waals surface area contributed by atoms with Crippen LogP contribution >= 0.6 is 0 Å². The molecule has 1 N–H and O–H groups in total. The van der Waals surface area contributed by atoms with Gasteiger partial charge >= 0.3 is 0 Å². The molecule has 0 aliphatic heterocycles. The van der Waals surface area contributed by atoms with Gasteiger partial charge in [0.25, 0.3) is 0 Å². The molecule has 0 saturated heterocycles. The lowest BCUT2D eigenvalue weighted by molar-refractivity contribution is -0.121. The second-order valence-electron chi connectivity index (χ2n) is 5.35. The van der Waals surface area contributed by atoms with E-state index in [1.165, 1.54) is 6.07 Å². The van der Waals surface area contributed by atoms with Gasteiger partial charge in [-0.05, 0) is 30.5 Å². The molecular formula is C17H22FN3O2. The fourth-order valence-electron chi connectivity index (χ4n) is 2.16. The molecule has 23 heavy (non-hydrogen) atoms. The Bertz CT molecular complexity index is 614. The van der Waals surface area contributed by atoms with Crippen molar-refractivity contribution in [1.82, 2.24) is 14.9 Å². The maximum Gasteiger partial charge on any atom is 0.220 e. The van der Waals surface area contributed by atoms with Gasteiger partial charge in [-0.1, -0.05) is 12.1 Å². The summed E-state index contributed by atoms with van der Waals surface area (Å²) in [5.41, 5.74) is 1.57. The van der Waals surface area contributed by atoms with Crippen LogP contribution in [-0.2, 0) is 22.5 Å². The van der Waals surface area contributed by atoms with Gasteiger partial charge in [-0.15, -0.1) is 0 Å². The molecule has 0 saturated carbocycles. The summed E-state index contributed by atoms with van der Waals surface area (Å²) in [6, 6.07) is 4.94. The monoisotopic (exact) mass is 319 g/mol. The highest BCUT2D eigenvalue weighted by Crippen LogP contribution is 2.10. The fourth-order valence-corrected chi connectivity index (χ4v) is 2.16. The van der Waals surface area contributed by atoms with E-state index >= 15 is 0 Å². The highest BCUT2D eigenvalue weighted by molar-refractivity contribution is 5.76. The van der Waals surface area contributed by atoms with Crippen LogP contribution in [-0.4, -0.2) is 35.2 Å². The van der Waals surface area contributed by atoms with E-state index in [-0.39, 0.29) is 11.7 Å². The van der Waals surface area contributed by atoms with Crippen LogP contribution in [0.15, 0.2) is 36.9 Å². The number of imidazole rings is 1. The smallest absolute Gasteiger partial charge is 0.220 e. The summed E-state index contributed by atoms with van der Waals surface area (Å²) >= 11 is 0. The number of carbonyl (C=O) groups is 1. The molecule has 1 amide bonds. The van der Waals surface area contributed by atoms with E-state index in [9.17, 15) is 9.18 Å². The minimum Gasteiger partial charge on any atom is -0.378 e. The molecule has 0 atom stereocenters. The van der Waals surface area contributed by atoms with Gasteiger partial charge in [0.15, 0.2) is 0 Å². The Hall–Kier alpha value is -2.21. The first-order valence-electron chi connectivity index (χ1n) is 7.70. The van der Waals surface area contributed by atoms with Crippen molar-refractivity contribution in [2.45, 2.75) is 26.3 Å². The van der Waals surface area contributed by atoms with E-state index in [0.29, 0.717) is 38.2 Å². The summed E-state index contributed by atoms with van der Waals surface area (Å²) in [5, 5.41) is 2.82. The van der Waals surface area contributed by atoms with Crippen LogP contribution in [0.3, 0.4) is 0 Å². The Morgan fingerprint density at radius 3 is 3.00 bits per heavy atom. The number of halogens is 1. The number of rotatable bonds is 9. The molecular weight excluding hydrogens is 297 g/mol. The van der Waals surface area contributed by atoms with Gasteiger partial charge in [-0.3, -0.25) is 4.79 Å². The Labute approximate surface area is 135 Å². The summed E-state index contributed by atoms with van der Waals surface area (Å²) in [4.78, 5) is 15.7. The van der Waals surface area contributed by atoms with Gasteiger partial charge in [0.2, 0.25) is 5.91 Å². The van der Waals surface area contributed by atoms with Crippen molar-refractivity contribution in [3.8, 4) is 0 Å². The summed E-state index contributed by atoms with van der Waals surface area (Å²) in [6.07, 6.45) is 6.34. The number of amides is 1. The quantitative estimate of drug-likeness (QED) is 0.720. The maximum atomic E-state index is 13.2. The van der Waals surface area contributed by atoms with Crippen LogP contribution < -0.4 is 5.32 Å². The third kappa shape index (κ3) is 6.20. The maximum absolute atomic E-state index is 13.2. The number of carbonyl (C=O) groups excluding carboxylic acids is 1. The topological polar surface area (TPSA) is 56.1 Å². The zero-order valence-electron chi connectivity index (χ0n) is 13.3. The molecule has 5 nitrogen and oxygen atoms in total. The van der Waals surface area contributed by atoms with Crippen molar-refractivity contribution in [3.63, 3.8) is 0 Å². The van der Waals surface area contributed by atoms with Gasteiger partial charge in [-0.2, -0.15) is 0 Å². The number of ether oxygens (including phenoxy) is 1. The molecule has 1 aromatic carbocycles. The summed E-state index contributed by atoms with van der Waals surface area (Å²) in [5.74, 6) is -0.240. The normalized spacial score (nSPS) is 10.7. The number of hydrogen-bond acceptors (Lipinski definition) is 3. The molecule has 0 radical (unpaired) electrons. The molecule has 0 bridgehead atoms. The van der Waals surface area contributed by atoms with Gasteiger partial charge < -0.3 is 14.6 Å². The molecule has 1 heterocycles. The standard InChI is InChI=1S/C17H22FN3O2/c1-14-12-15(2-4-16(14)18)3-5-17(22)20-7-10-23-11-9-21-8-6-19-13-21/h2,4,6,8,12-13H,3,5,7,9-11H2,1H3,(H,20,22). The van der Waals surface area contributed by atoms with Crippen molar-refractivity contribution in [1.29, 1.82) is 0 Å². The lowest BCUT2D eigenvalue weighted by Gasteiger charge is -2.07. The minimum atomic E-state index is -0.217. The van der Waals surface area contributed by atoms with E-state index in [1.807, 2.05) is 10.8 Å². The molecule has 0 spiro atoms. The zero-order chi connectivity index (χ0) is 16.5. The number of nitrogens with one attached hydrogen (secondary N) is 1. The van der Waals surface area contributed by atoms with Crippen molar-refractivity contribution in [2.24, 2.45) is 0 Å². The molecule has 1 aromatic heterocycles. The molecule has 0 fully saturated rings. The Balaban J connectivity index is 1.53. The van der Waals surface area contributed by atoms with Crippen LogP contribution in [0.4, 0.5) is 4.39 Å². The van der Waals surface area contributed by atoms with Gasteiger partial charge in [0, 0.05) is 31.9 Å². The van der Waals surface area contributed by atoms with Crippen molar-refractivity contribution >= 4 is 5.91 Å². The predicted molar refractivity (Wildman–Crippen MR) is 85.5 cm³/mol. The predicted octanol–water partition coefficient (Wildman–Crippen LogP) is 2.10. The van der Waals surface area contributed by atoms with Gasteiger partial charge in [-0.25, -0.2) is 9.37 Å². The highest BCUT2D eigenvalue weighted by Gasteiger charge is 2.04. The largest absolute Gasteiger partial charge is 0.378 e. The van der Waals surface area contributed by atoms with Crippen molar-refractivity contribution < 1.29 is 13.9 Å². The van der Waals surface area contributed by atoms with E-state index in [2.05, 4.69) is 10.3 Å². The van der Waals surface area contributed by atoms with Crippen LogP contribution in [0.2, 0.25) is 0 Å². The Kier molecular flexibility index (Phi) is 6.75. The molecule has 0 aliphatic carbocycles. The second-order valence-corrected chi connectivity index (χ2v) is 5.35. The first kappa shape index (κ1) is 17.1. The first-order chi connectivity index (χ1) is 11.1. The lowest BCUT2D eigenvalue weighted by atomic mass is 10.1. The first-order valence-corrected chi connectivity index (χ1v) is 7.70. The number of aromatic nitrogens is 2. The molecule has 2 rings (SSSR count). The third-order valence-electron chi connectivity index (χ3n) is 3.48. The van der Waals surface area contributed by atoms with E-state index < -0.39 is 0 Å². The molecule has 0 unspecified atom stereocenters. The van der Waals surface area contributed by atoms with Crippen LogP contribution in [0.1, 0.15) is 17.5 Å².